The zero-order chi connectivity index (χ0) is 12.3. The van der Waals surface area contributed by atoms with Crippen molar-refractivity contribution in [2.24, 2.45) is 0 Å². The normalized spacial score (nSPS) is 20.8. The van der Waals surface area contributed by atoms with Crippen LogP contribution in [-0.2, 0) is 9.53 Å². The Bertz CT molecular complexity index is 352. The van der Waals surface area contributed by atoms with Crippen molar-refractivity contribution < 1.29 is 9.53 Å². The number of hydrogen-bond acceptors (Lipinski definition) is 3. The van der Waals surface area contributed by atoms with Crippen molar-refractivity contribution in [3.63, 3.8) is 0 Å². The zero-order valence-electron chi connectivity index (χ0n) is 10.6. The molecule has 0 radical (unpaired) electrons. The van der Waals surface area contributed by atoms with E-state index in [0.717, 1.165) is 44.8 Å². The summed E-state index contributed by atoms with van der Waals surface area (Å²) in [4.78, 5) is 15.5. The van der Waals surface area contributed by atoms with E-state index in [4.69, 9.17) is 4.74 Å². The Kier molecular flexibility index (Phi) is 3.71. The van der Waals surface area contributed by atoms with E-state index in [0.29, 0.717) is 0 Å². The highest BCUT2D eigenvalue weighted by molar-refractivity contribution is 5.73. The van der Waals surface area contributed by atoms with E-state index in [-0.39, 0.29) is 5.91 Å². The monoisotopic (exact) mass is 236 g/mol. The fourth-order valence-corrected chi connectivity index (χ4v) is 2.38. The molecular formula is C13H20N2O2. The van der Waals surface area contributed by atoms with Crippen molar-refractivity contribution in [3.8, 4) is 0 Å². The number of methoxy groups -OCH3 is 1. The molecule has 1 aliphatic carbocycles. The van der Waals surface area contributed by atoms with Crippen LogP contribution in [0.3, 0.4) is 0 Å². The van der Waals surface area contributed by atoms with Crippen LogP contribution in [0.2, 0.25) is 0 Å². The summed E-state index contributed by atoms with van der Waals surface area (Å²) in [6.45, 7) is 5.04. The molecule has 1 amide bonds. The Balaban J connectivity index is 2.02. The first-order chi connectivity index (χ1) is 8.22. The van der Waals surface area contributed by atoms with Crippen LogP contribution in [0.5, 0.6) is 0 Å². The van der Waals surface area contributed by atoms with Gasteiger partial charge in [-0.3, -0.25) is 4.79 Å². The fraction of sp³-hybridized carbons (Fsp3) is 0.615. The molecule has 0 aromatic rings. The van der Waals surface area contributed by atoms with Crippen LogP contribution in [0.1, 0.15) is 19.8 Å². The topological polar surface area (TPSA) is 32.8 Å². The molecule has 4 nitrogen and oxygen atoms in total. The first-order valence-corrected chi connectivity index (χ1v) is 6.16. The molecule has 0 saturated carbocycles. The van der Waals surface area contributed by atoms with Crippen LogP contribution in [0.4, 0.5) is 0 Å². The van der Waals surface area contributed by atoms with Gasteiger partial charge in [0, 0.05) is 39.5 Å². The number of nitrogens with zero attached hydrogens (tertiary/aromatic N) is 2. The minimum absolute atomic E-state index is 0.171. The second kappa shape index (κ2) is 5.25. The first-order valence-electron chi connectivity index (χ1n) is 6.16. The van der Waals surface area contributed by atoms with Gasteiger partial charge >= 0.3 is 0 Å². The second-order valence-corrected chi connectivity index (χ2v) is 4.45. The van der Waals surface area contributed by atoms with E-state index >= 15 is 0 Å². The third kappa shape index (κ3) is 2.62. The van der Waals surface area contributed by atoms with E-state index < -0.39 is 0 Å². The standard InChI is InChI=1S/C13H20N2O2/c1-11(16)14-7-9-15(10-8-14)12-5-3-4-6-13(12)17-2/h3,5H,4,6-10H2,1-2H3. The van der Waals surface area contributed by atoms with Gasteiger partial charge in [-0.15, -0.1) is 0 Å². The molecule has 1 heterocycles. The maximum atomic E-state index is 11.3. The molecule has 0 bridgehead atoms. The van der Waals surface area contributed by atoms with Gasteiger partial charge in [0.15, 0.2) is 0 Å². The molecule has 2 rings (SSSR count). The summed E-state index contributed by atoms with van der Waals surface area (Å²) < 4.78 is 5.44. The molecule has 0 atom stereocenters. The predicted molar refractivity (Wildman–Crippen MR) is 66.2 cm³/mol. The van der Waals surface area contributed by atoms with Crippen LogP contribution in [-0.4, -0.2) is 49.0 Å². The molecule has 1 saturated heterocycles. The molecule has 0 unspecified atom stereocenters. The lowest BCUT2D eigenvalue weighted by atomic mass is 10.1. The smallest absolute Gasteiger partial charge is 0.219 e. The highest BCUT2D eigenvalue weighted by Gasteiger charge is 2.22. The molecule has 0 N–H and O–H groups in total. The molecule has 4 heteroatoms. The summed E-state index contributed by atoms with van der Waals surface area (Å²) >= 11 is 0. The third-order valence-corrected chi connectivity index (χ3v) is 3.41. The first kappa shape index (κ1) is 12.0. The average Bonchev–Trinajstić information content (AvgIpc) is 2.39. The minimum Gasteiger partial charge on any atom is -0.499 e. The van der Waals surface area contributed by atoms with Gasteiger partial charge in [0.25, 0.3) is 0 Å². The summed E-state index contributed by atoms with van der Waals surface area (Å²) in [5.74, 6) is 1.24. The highest BCUT2D eigenvalue weighted by atomic mass is 16.5. The lowest BCUT2D eigenvalue weighted by Crippen LogP contribution is -2.47. The Labute approximate surface area is 103 Å². The number of allylic oxidation sites excluding steroid dienone is 3. The Hall–Kier alpha value is -1.45. The molecule has 0 spiro atoms. The summed E-state index contributed by atoms with van der Waals surface area (Å²) in [5.41, 5.74) is 1.20. The minimum atomic E-state index is 0.171. The fourth-order valence-electron chi connectivity index (χ4n) is 2.38. The van der Waals surface area contributed by atoms with Gasteiger partial charge < -0.3 is 14.5 Å². The van der Waals surface area contributed by atoms with Crippen LogP contribution >= 0.6 is 0 Å². The largest absolute Gasteiger partial charge is 0.499 e. The summed E-state index contributed by atoms with van der Waals surface area (Å²) in [7, 11) is 1.74. The van der Waals surface area contributed by atoms with Crippen molar-refractivity contribution in [3.05, 3.63) is 23.6 Å². The molecule has 94 valence electrons. The zero-order valence-corrected chi connectivity index (χ0v) is 10.6. The number of carbonyl (C=O) groups excluding carboxylic acids is 1. The predicted octanol–water partition coefficient (Wildman–Crippen LogP) is 1.36. The number of hydrogen-bond donors (Lipinski definition) is 0. The van der Waals surface area contributed by atoms with Crippen LogP contribution in [0, 0.1) is 0 Å². The van der Waals surface area contributed by atoms with Crippen LogP contribution in [0.15, 0.2) is 23.6 Å². The number of amides is 1. The quantitative estimate of drug-likeness (QED) is 0.725. The van der Waals surface area contributed by atoms with Crippen molar-refractivity contribution >= 4 is 5.91 Å². The maximum absolute atomic E-state index is 11.3. The van der Waals surface area contributed by atoms with Crippen molar-refractivity contribution in [2.45, 2.75) is 19.8 Å². The van der Waals surface area contributed by atoms with Crippen molar-refractivity contribution in [2.75, 3.05) is 33.3 Å². The maximum Gasteiger partial charge on any atom is 0.219 e. The van der Waals surface area contributed by atoms with E-state index in [1.165, 1.54) is 5.70 Å². The molecule has 1 aliphatic heterocycles. The average molecular weight is 236 g/mol. The Morgan fingerprint density at radius 3 is 2.59 bits per heavy atom. The molecule has 1 fully saturated rings. The van der Waals surface area contributed by atoms with E-state index in [1.807, 2.05) is 4.90 Å². The number of ether oxygens (including phenoxy) is 1. The second-order valence-electron chi connectivity index (χ2n) is 4.45. The van der Waals surface area contributed by atoms with Gasteiger partial charge in [-0.25, -0.2) is 0 Å². The Morgan fingerprint density at radius 1 is 1.29 bits per heavy atom. The van der Waals surface area contributed by atoms with Crippen molar-refractivity contribution in [1.29, 1.82) is 0 Å². The van der Waals surface area contributed by atoms with E-state index in [9.17, 15) is 4.79 Å². The molecule has 17 heavy (non-hydrogen) atoms. The summed E-state index contributed by atoms with van der Waals surface area (Å²) in [6, 6.07) is 0. The lowest BCUT2D eigenvalue weighted by molar-refractivity contribution is -0.130. The van der Waals surface area contributed by atoms with Gasteiger partial charge in [-0.2, -0.15) is 0 Å². The van der Waals surface area contributed by atoms with Gasteiger partial charge in [0.05, 0.1) is 12.8 Å². The van der Waals surface area contributed by atoms with Gasteiger partial charge in [0.1, 0.15) is 5.76 Å². The summed E-state index contributed by atoms with van der Waals surface area (Å²) in [6.07, 6.45) is 6.37. The Morgan fingerprint density at radius 2 is 2.00 bits per heavy atom. The highest BCUT2D eigenvalue weighted by Crippen LogP contribution is 2.23. The number of rotatable bonds is 2. The summed E-state index contributed by atoms with van der Waals surface area (Å²) in [5, 5.41) is 0. The molecule has 2 aliphatic rings. The number of carbonyl (C=O) groups is 1. The molecular weight excluding hydrogens is 216 g/mol. The van der Waals surface area contributed by atoms with Gasteiger partial charge in [-0.1, -0.05) is 6.08 Å². The molecule has 0 aromatic carbocycles. The van der Waals surface area contributed by atoms with Crippen LogP contribution < -0.4 is 0 Å². The molecule has 0 aromatic heterocycles. The third-order valence-electron chi connectivity index (χ3n) is 3.41. The van der Waals surface area contributed by atoms with E-state index in [2.05, 4.69) is 17.1 Å². The van der Waals surface area contributed by atoms with E-state index in [1.54, 1.807) is 14.0 Å². The number of piperazine rings is 1. The van der Waals surface area contributed by atoms with Gasteiger partial charge in [-0.05, 0) is 12.5 Å². The van der Waals surface area contributed by atoms with Crippen molar-refractivity contribution in [1.82, 2.24) is 9.80 Å². The SMILES string of the molecule is COC1=C(N2CCN(C(C)=O)CC2)C=CCC1. The van der Waals surface area contributed by atoms with Gasteiger partial charge in [0.2, 0.25) is 5.91 Å². The van der Waals surface area contributed by atoms with Crippen LogP contribution in [0.25, 0.3) is 0 Å². The lowest BCUT2D eigenvalue weighted by Gasteiger charge is -2.37.